The zero-order valence-electron chi connectivity index (χ0n) is 6.47. The van der Waals surface area contributed by atoms with Gasteiger partial charge in [-0.3, -0.25) is 0 Å². The predicted octanol–water partition coefficient (Wildman–Crippen LogP) is -1.50. The first-order valence-corrected chi connectivity index (χ1v) is 14.6. The molecule has 0 aromatic rings. The van der Waals surface area contributed by atoms with E-state index in [2.05, 4.69) is -4.73 Å². The van der Waals surface area contributed by atoms with E-state index in [0.717, 1.165) is 118 Å². The first-order chi connectivity index (χ1) is 3.55. The molecule has 0 radical (unpaired) electrons. The van der Waals surface area contributed by atoms with Crippen molar-refractivity contribution in [1.29, 1.82) is 0 Å². The zero-order valence-corrected chi connectivity index (χ0v) is 32.7. The Morgan fingerprint density at radius 1 is 1.25 bits per heavy atom. The molecule has 0 rings (SSSR count). The molecule has 0 amide bonds. The number of hydrogen-bond donors (Lipinski definition) is 0. The van der Waals surface area contributed by atoms with Crippen LogP contribution in [0.2, 0.25) is 0 Å². The molecule has 8 heavy (non-hydrogen) atoms. The van der Waals surface area contributed by atoms with Crippen molar-refractivity contribution in [2.45, 2.75) is 13.1 Å². The summed E-state index contributed by atoms with van der Waals surface area (Å²) in [6.45, 7) is 2.39. The van der Waals surface area contributed by atoms with Crippen LogP contribution in [-0.2, 0) is 0 Å². The quantitative estimate of drug-likeness (QED) is 0.328. The van der Waals surface area contributed by atoms with Crippen molar-refractivity contribution >= 4 is 112 Å². The third-order valence-electron chi connectivity index (χ3n) is 1.49. The molecular weight excluding hydrogens is 675 g/mol. The van der Waals surface area contributed by atoms with Crippen LogP contribution in [0.4, 0.5) is 0 Å². The first kappa shape index (κ1) is 14.5. The Kier molecular flexibility index (Phi) is 15.8. The normalized spacial score (nSPS) is 11.8. The van der Waals surface area contributed by atoms with Gasteiger partial charge in [0.05, 0.1) is 0 Å². The van der Waals surface area contributed by atoms with Gasteiger partial charge in [-0.1, -0.05) is 0 Å². The third kappa shape index (κ3) is 7.83. The average Bonchev–Trinajstić information content (AvgIpc) is 1.64. The van der Waals surface area contributed by atoms with Crippen molar-refractivity contribution in [2.24, 2.45) is 0 Å². The van der Waals surface area contributed by atoms with Crippen LogP contribution in [-0.4, -0.2) is 107 Å². The molecule has 0 aliphatic heterocycles. The number of rotatable bonds is 2. The summed E-state index contributed by atoms with van der Waals surface area (Å²) in [6.07, 6.45) is 0.928. The van der Waals surface area contributed by atoms with Crippen LogP contribution in [0.25, 0.3) is 0 Å². The molecule has 30 valence electrons. The van der Waals surface area contributed by atoms with Crippen LogP contribution in [0.5, 0.6) is 0 Å². The Bertz CT molecular complexity index is 61.1. The average molecular weight is 681 g/mol. The summed E-state index contributed by atoms with van der Waals surface area (Å²) in [5, 5.41) is 0. The molecule has 0 aromatic heterocycles. The standard InChI is InChI=1S/C2H4N2.2Ra.2Rb.2H/c1-2(3)4;;;;;;/h2H,1H3;;;;;;. The second kappa shape index (κ2) is 8.75. The molecule has 0 saturated carbocycles. The Balaban J connectivity index is 3.46. The molecule has 0 aliphatic carbocycles. The van der Waals surface area contributed by atoms with Crippen LogP contribution in [0.3, 0.4) is 0 Å². The van der Waals surface area contributed by atoms with Gasteiger partial charge in [0.25, 0.3) is 0 Å². The maximum atomic E-state index is 2.72. The van der Waals surface area contributed by atoms with Gasteiger partial charge in [0.2, 0.25) is 0 Å². The maximum absolute atomic E-state index is 2.72. The molecule has 0 spiro atoms. The molecule has 0 saturated heterocycles. The summed E-state index contributed by atoms with van der Waals surface area (Å²) >= 11 is 3.07. The fourth-order valence-electron chi connectivity index (χ4n) is 0.462. The molecule has 0 fully saturated rings. The van der Waals surface area contributed by atoms with E-state index in [-0.39, 0.29) is 0 Å². The zero-order chi connectivity index (χ0) is 6.73. The topological polar surface area (TPSA) is 6.48 Å². The van der Waals surface area contributed by atoms with Gasteiger partial charge in [0.1, 0.15) is 0 Å². The van der Waals surface area contributed by atoms with Gasteiger partial charge in [-0.2, -0.15) is 0 Å². The van der Waals surface area contributed by atoms with Gasteiger partial charge >= 0.3 is 200 Å². The van der Waals surface area contributed by atoms with E-state index in [1.807, 2.05) is 0 Å². The van der Waals surface area contributed by atoms with Crippen LogP contribution >= 0.6 is 0 Å². The fourth-order valence-corrected chi connectivity index (χ4v) is 26.5. The minimum atomic E-state index is 0.697. The molecule has 2 nitrogen and oxygen atoms in total. The molecule has 0 aliphatic rings. The summed E-state index contributed by atoms with van der Waals surface area (Å²) in [7, 11) is 0. The van der Waals surface area contributed by atoms with Crippen LogP contribution < -0.4 is 0 Å². The van der Waals surface area contributed by atoms with E-state index in [0.29, 0.717) is 86.4 Å². The van der Waals surface area contributed by atoms with Crippen molar-refractivity contribution in [3.63, 3.8) is 0 Å². The van der Waals surface area contributed by atoms with E-state index in [1.165, 1.54) is 0 Å². The van der Waals surface area contributed by atoms with Gasteiger partial charge in [0, 0.05) is 0 Å². The summed E-state index contributed by atoms with van der Waals surface area (Å²) < 4.78 is 5.43. The van der Waals surface area contributed by atoms with Crippen LogP contribution in [0.15, 0.2) is 0 Å². The Morgan fingerprint density at radius 2 is 1.50 bits per heavy atom. The summed E-state index contributed by atoms with van der Waals surface area (Å²) in [4.78, 5) is 0. The van der Waals surface area contributed by atoms with Gasteiger partial charge in [0.15, 0.2) is 0 Å². The van der Waals surface area contributed by atoms with Gasteiger partial charge in [-0.15, -0.1) is 0 Å². The molecular formula is C2H6N2Ra2Rb2. The van der Waals surface area contributed by atoms with Gasteiger partial charge < -0.3 is 0 Å². The fraction of sp³-hybridized carbons (Fsp3) is 1.00. The minimum absolute atomic E-state index is 0.697. The summed E-state index contributed by atoms with van der Waals surface area (Å²) in [5.41, 5.74) is 0. The van der Waals surface area contributed by atoms with Gasteiger partial charge in [-0.05, 0) is 0 Å². The van der Waals surface area contributed by atoms with Crippen molar-refractivity contribution in [3.8, 4) is 0 Å². The Hall–Kier alpha value is 6.47. The molecule has 0 unspecified atom stereocenters. The summed E-state index contributed by atoms with van der Waals surface area (Å²) in [6, 6.07) is 0. The van der Waals surface area contributed by atoms with Crippen molar-refractivity contribution < 1.29 is 86.4 Å². The summed E-state index contributed by atoms with van der Waals surface area (Å²) in [5.74, 6) is 0. The van der Waals surface area contributed by atoms with Crippen LogP contribution in [0.1, 0.15) is 6.92 Å². The van der Waals surface area contributed by atoms with E-state index < -0.39 is 0 Å². The van der Waals surface area contributed by atoms with Crippen molar-refractivity contribution in [2.75, 3.05) is 0 Å². The number of nitrogens with zero attached hydrogens (tertiary/aromatic N) is 2. The predicted molar refractivity (Wildman–Crippen MR) is 27.4 cm³/mol. The molecule has 0 aromatic carbocycles. The number of hydrogen-bond acceptors (Lipinski definition) is 2. The van der Waals surface area contributed by atoms with Crippen molar-refractivity contribution in [1.82, 2.24) is -11.6 Å². The molecule has 0 heterocycles. The monoisotopic (exact) mass is 680 g/mol. The molecule has 0 bridgehead atoms. The molecule has 0 atom stereocenters. The first-order valence-electron chi connectivity index (χ1n) is 2.88. The van der Waals surface area contributed by atoms with E-state index in [1.54, 1.807) is 0 Å². The Morgan fingerprint density at radius 3 is 1.50 bits per heavy atom. The molecule has 6 heteroatoms. The van der Waals surface area contributed by atoms with Crippen LogP contribution in [0, 0.1) is 86.4 Å². The second-order valence-electron chi connectivity index (χ2n) is 2.56. The molecule has 0 N–H and O–H groups in total. The third-order valence-corrected chi connectivity index (χ3v) is 11.3. The van der Waals surface area contributed by atoms with E-state index in [4.69, 9.17) is 0 Å². The second-order valence-corrected chi connectivity index (χ2v) is 57.2. The SMILES string of the molecule is CC([N]([Rb])[RaH])[N]([Rb])[RaH]. The van der Waals surface area contributed by atoms with E-state index >= 15 is 0 Å². The van der Waals surface area contributed by atoms with E-state index in [9.17, 15) is 0 Å². The van der Waals surface area contributed by atoms with Crippen molar-refractivity contribution in [3.05, 3.63) is 0 Å². The Labute approximate surface area is 191 Å². The van der Waals surface area contributed by atoms with Gasteiger partial charge in [-0.25, -0.2) is 0 Å².